The van der Waals surface area contributed by atoms with Gasteiger partial charge in [0.1, 0.15) is 5.69 Å². The molecule has 2 heterocycles. The first kappa shape index (κ1) is 12.7. The molecule has 1 aromatic carbocycles. The van der Waals surface area contributed by atoms with Crippen LogP contribution in [0.15, 0.2) is 22.7 Å². The first-order valence-electron chi connectivity index (χ1n) is 6.38. The monoisotopic (exact) mass is 321 g/mol. The Hall–Kier alpha value is -1.33. The number of rotatable bonds is 1. The van der Waals surface area contributed by atoms with Crippen molar-refractivity contribution >= 4 is 32.7 Å². The van der Waals surface area contributed by atoms with E-state index in [9.17, 15) is 4.79 Å². The number of aromatic nitrogens is 1. The van der Waals surface area contributed by atoms with Gasteiger partial charge in [-0.25, -0.2) is 0 Å². The number of nitrogens with zero attached hydrogens (tertiary/aromatic N) is 1. The van der Waals surface area contributed by atoms with Crippen molar-refractivity contribution in [1.82, 2.24) is 9.88 Å². The van der Waals surface area contributed by atoms with Crippen LogP contribution in [-0.4, -0.2) is 34.9 Å². The number of nitrogens with one attached hydrogen (secondary N) is 1. The zero-order chi connectivity index (χ0) is 13.6. The highest BCUT2D eigenvalue weighted by Crippen LogP contribution is 2.26. The molecule has 1 aliphatic rings. The molecule has 1 aliphatic heterocycles. The van der Waals surface area contributed by atoms with Gasteiger partial charge in [-0.05, 0) is 53.0 Å². The van der Waals surface area contributed by atoms with E-state index in [1.165, 1.54) is 5.56 Å². The molecule has 1 fully saturated rings. The Morgan fingerprint density at radius 2 is 2.26 bits per heavy atom. The number of H-pyrrole nitrogens is 1. The van der Waals surface area contributed by atoms with Crippen LogP contribution in [0.5, 0.6) is 0 Å². The fourth-order valence-electron chi connectivity index (χ4n) is 2.60. The fourth-order valence-corrected chi connectivity index (χ4v) is 3.29. The van der Waals surface area contributed by atoms with Crippen LogP contribution in [0, 0.1) is 6.92 Å². The maximum atomic E-state index is 12.4. The molecule has 100 valence electrons. The second-order valence-corrected chi connectivity index (χ2v) is 6.05. The van der Waals surface area contributed by atoms with Crippen LogP contribution in [-0.2, 0) is 0 Å². The molecule has 5 heteroatoms. The van der Waals surface area contributed by atoms with E-state index in [-0.39, 0.29) is 11.9 Å². The molecule has 1 aromatic heterocycles. The van der Waals surface area contributed by atoms with E-state index in [0.717, 1.165) is 28.3 Å². The second-order valence-electron chi connectivity index (χ2n) is 5.19. The average molecular weight is 322 g/mol. The fraction of sp³-hybridized carbons (Fsp3) is 0.357. The predicted molar refractivity (Wildman–Crippen MR) is 79.2 cm³/mol. The Balaban J connectivity index is 1.97. The number of fused-ring (bicyclic) bond motifs is 1. The number of carbonyl (C=O) groups is 1. The minimum atomic E-state index is 0.0358. The summed E-state index contributed by atoms with van der Waals surface area (Å²) >= 11 is 3.53. The Morgan fingerprint density at radius 1 is 1.47 bits per heavy atom. The van der Waals surface area contributed by atoms with Crippen molar-refractivity contribution in [2.45, 2.75) is 19.4 Å². The smallest absolute Gasteiger partial charge is 0.270 e. The van der Waals surface area contributed by atoms with Crippen molar-refractivity contribution in [3.8, 4) is 0 Å². The Bertz CT molecular complexity index is 649. The average Bonchev–Trinajstić information content (AvgIpc) is 2.94. The summed E-state index contributed by atoms with van der Waals surface area (Å²) in [6.07, 6.45) is 0.884. The first-order chi connectivity index (χ1) is 9.04. The lowest BCUT2D eigenvalue weighted by molar-refractivity contribution is 0.0786. The van der Waals surface area contributed by atoms with Gasteiger partial charge in [-0.2, -0.15) is 0 Å². The molecule has 0 saturated carbocycles. The lowest BCUT2D eigenvalue weighted by Gasteiger charge is -2.14. The van der Waals surface area contributed by atoms with Crippen LogP contribution in [0.4, 0.5) is 0 Å². The van der Waals surface area contributed by atoms with Gasteiger partial charge >= 0.3 is 0 Å². The summed E-state index contributed by atoms with van der Waals surface area (Å²) in [5.41, 5.74) is 8.62. The van der Waals surface area contributed by atoms with E-state index in [1.54, 1.807) is 0 Å². The first-order valence-corrected chi connectivity index (χ1v) is 7.17. The Labute approximate surface area is 120 Å². The standard InChI is InChI=1S/C14H16BrN3O/c1-8-4-9-6-12(17-13(9)11(15)5-8)14(19)18-3-2-10(16)7-18/h4-6,10,17H,2-3,7,16H2,1H3/t10-/m1/s1. The van der Waals surface area contributed by atoms with Gasteiger partial charge in [-0.15, -0.1) is 0 Å². The summed E-state index contributed by atoms with van der Waals surface area (Å²) in [5, 5.41) is 1.05. The highest BCUT2D eigenvalue weighted by Gasteiger charge is 2.25. The van der Waals surface area contributed by atoms with Gasteiger partial charge in [0.15, 0.2) is 0 Å². The third kappa shape index (κ3) is 2.28. The van der Waals surface area contributed by atoms with Crippen LogP contribution in [0.2, 0.25) is 0 Å². The molecule has 19 heavy (non-hydrogen) atoms. The van der Waals surface area contributed by atoms with Gasteiger partial charge in [-0.3, -0.25) is 4.79 Å². The van der Waals surface area contributed by atoms with Gasteiger partial charge in [0.05, 0.1) is 5.52 Å². The third-order valence-corrected chi connectivity index (χ3v) is 4.19. The van der Waals surface area contributed by atoms with Crippen LogP contribution in [0.25, 0.3) is 10.9 Å². The molecule has 3 rings (SSSR count). The van der Waals surface area contributed by atoms with Crippen LogP contribution in [0.3, 0.4) is 0 Å². The normalized spacial score (nSPS) is 19.3. The summed E-state index contributed by atoms with van der Waals surface area (Å²) in [6, 6.07) is 6.14. The van der Waals surface area contributed by atoms with E-state index >= 15 is 0 Å². The number of halogens is 1. The summed E-state index contributed by atoms with van der Waals surface area (Å²) in [5.74, 6) is 0.0358. The summed E-state index contributed by atoms with van der Waals surface area (Å²) in [6.45, 7) is 3.43. The molecule has 1 atom stereocenters. The highest BCUT2D eigenvalue weighted by molar-refractivity contribution is 9.10. The molecule has 0 aliphatic carbocycles. The summed E-state index contributed by atoms with van der Waals surface area (Å²) in [4.78, 5) is 17.4. The molecule has 2 aromatic rings. The third-order valence-electron chi connectivity index (χ3n) is 3.57. The second kappa shape index (κ2) is 4.65. The number of likely N-dealkylation sites (tertiary alicyclic amines) is 1. The van der Waals surface area contributed by atoms with Gasteiger partial charge in [-0.1, -0.05) is 0 Å². The van der Waals surface area contributed by atoms with Crippen molar-refractivity contribution < 1.29 is 4.79 Å². The molecule has 1 amide bonds. The zero-order valence-electron chi connectivity index (χ0n) is 10.7. The molecule has 0 bridgehead atoms. The van der Waals surface area contributed by atoms with E-state index in [1.807, 2.05) is 24.0 Å². The van der Waals surface area contributed by atoms with Crippen LogP contribution >= 0.6 is 15.9 Å². The van der Waals surface area contributed by atoms with Crippen molar-refractivity contribution in [2.75, 3.05) is 13.1 Å². The summed E-state index contributed by atoms with van der Waals surface area (Å²) < 4.78 is 0.986. The quantitative estimate of drug-likeness (QED) is 0.847. The number of carbonyl (C=O) groups excluding carboxylic acids is 1. The summed E-state index contributed by atoms with van der Waals surface area (Å²) in [7, 11) is 0. The largest absolute Gasteiger partial charge is 0.350 e. The van der Waals surface area contributed by atoms with Gasteiger partial charge in [0.25, 0.3) is 5.91 Å². The van der Waals surface area contributed by atoms with E-state index in [2.05, 4.69) is 27.0 Å². The molecule has 0 spiro atoms. The van der Waals surface area contributed by atoms with E-state index < -0.39 is 0 Å². The lowest BCUT2D eigenvalue weighted by atomic mass is 10.2. The molecule has 0 radical (unpaired) electrons. The highest BCUT2D eigenvalue weighted by atomic mass is 79.9. The molecular weight excluding hydrogens is 306 g/mol. The number of hydrogen-bond acceptors (Lipinski definition) is 2. The van der Waals surface area contributed by atoms with Crippen molar-refractivity contribution in [3.05, 3.63) is 33.9 Å². The lowest BCUT2D eigenvalue weighted by Crippen LogP contribution is -2.32. The topological polar surface area (TPSA) is 62.1 Å². The molecular formula is C14H16BrN3O. The zero-order valence-corrected chi connectivity index (χ0v) is 12.3. The Morgan fingerprint density at radius 3 is 2.95 bits per heavy atom. The number of benzene rings is 1. The van der Waals surface area contributed by atoms with Crippen LogP contribution < -0.4 is 5.73 Å². The molecule has 4 nitrogen and oxygen atoms in total. The number of nitrogens with two attached hydrogens (primary N) is 1. The van der Waals surface area contributed by atoms with Crippen molar-refractivity contribution in [3.63, 3.8) is 0 Å². The van der Waals surface area contributed by atoms with E-state index in [4.69, 9.17) is 5.73 Å². The maximum absolute atomic E-state index is 12.4. The van der Waals surface area contributed by atoms with Crippen LogP contribution in [0.1, 0.15) is 22.5 Å². The Kier molecular flexibility index (Phi) is 3.11. The molecule has 1 saturated heterocycles. The minimum absolute atomic E-state index is 0.0358. The molecule has 3 N–H and O–H groups in total. The maximum Gasteiger partial charge on any atom is 0.270 e. The molecule has 0 unspecified atom stereocenters. The van der Waals surface area contributed by atoms with E-state index in [0.29, 0.717) is 12.2 Å². The number of amides is 1. The minimum Gasteiger partial charge on any atom is -0.350 e. The van der Waals surface area contributed by atoms with Crippen molar-refractivity contribution in [2.24, 2.45) is 5.73 Å². The number of aromatic amines is 1. The number of hydrogen-bond donors (Lipinski definition) is 2. The predicted octanol–water partition coefficient (Wildman–Crippen LogP) is 2.41. The van der Waals surface area contributed by atoms with Crippen molar-refractivity contribution in [1.29, 1.82) is 0 Å². The SMILES string of the molecule is Cc1cc(Br)c2[nH]c(C(=O)N3CC[C@@H](N)C3)cc2c1. The van der Waals surface area contributed by atoms with Gasteiger partial charge in [0.2, 0.25) is 0 Å². The van der Waals surface area contributed by atoms with Gasteiger partial charge < -0.3 is 15.6 Å². The van der Waals surface area contributed by atoms with Gasteiger partial charge in [0, 0.05) is 29.0 Å². The number of aryl methyl sites for hydroxylation is 1.